The Morgan fingerprint density at radius 3 is 2.50 bits per heavy atom. The van der Waals surface area contributed by atoms with Crippen LogP contribution in [0.25, 0.3) is 0 Å². The van der Waals surface area contributed by atoms with E-state index in [2.05, 4.69) is 15.8 Å². The van der Waals surface area contributed by atoms with Crippen molar-refractivity contribution in [1.82, 2.24) is 10.7 Å². The minimum atomic E-state index is -0.829. The lowest BCUT2D eigenvalue weighted by Crippen LogP contribution is -2.47. The second kappa shape index (κ2) is 12.2. The van der Waals surface area contributed by atoms with E-state index in [0.29, 0.717) is 11.5 Å². The number of carbonyl (C=O) groups is 2. The fourth-order valence-electron chi connectivity index (χ4n) is 2.34. The van der Waals surface area contributed by atoms with Gasteiger partial charge in [0, 0.05) is 35.4 Å². The van der Waals surface area contributed by atoms with E-state index in [0.717, 1.165) is 5.56 Å². The van der Waals surface area contributed by atoms with E-state index in [-0.39, 0.29) is 11.3 Å². The summed E-state index contributed by atoms with van der Waals surface area (Å²) in [5.74, 6) is 0.0627. The fraction of sp³-hybridized carbons (Fsp3) is 0.190. The molecule has 0 bridgehead atoms. The number of nitrogens with zero attached hydrogens (tertiary/aromatic N) is 2. The first-order valence-electron chi connectivity index (χ1n) is 9.12. The van der Waals surface area contributed by atoms with Crippen LogP contribution in [-0.4, -0.2) is 34.7 Å². The highest BCUT2D eigenvalue weighted by molar-refractivity contribution is 7.98. The monoisotopic (exact) mass is 426 g/mol. The van der Waals surface area contributed by atoms with Crippen LogP contribution in [-0.2, 0) is 10.5 Å². The molecule has 0 aliphatic carbocycles. The summed E-state index contributed by atoms with van der Waals surface area (Å²) in [5, 5.41) is 17.3. The van der Waals surface area contributed by atoms with Crippen LogP contribution in [0.4, 0.5) is 5.69 Å². The summed E-state index contributed by atoms with van der Waals surface area (Å²) < 4.78 is 0. The van der Waals surface area contributed by atoms with E-state index in [1.807, 2.05) is 37.3 Å². The van der Waals surface area contributed by atoms with Crippen LogP contribution in [0.5, 0.6) is 0 Å². The van der Waals surface area contributed by atoms with Crippen LogP contribution < -0.4 is 10.7 Å². The van der Waals surface area contributed by atoms with Gasteiger partial charge in [-0.05, 0) is 30.7 Å². The molecule has 1 atom stereocenters. The third kappa shape index (κ3) is 7.51. The van der Waals surface area contributed by atoms with E-state index < -0.39 is 22.8 Å². The number of nitro groups is 1. The molecule has 0 aliphatic rings. The molecule has 9 heteroatoms. The first kappa shape index (κ1) is 22.8. The predicted molar refractivity (Wildman–Crippen MR) is 118 cm³/mol. The van der Waals surface area contributed by atoms with Crippen molar-refractivity contribution in [1.29, 1.82) is 0 Å². The smallest absolute Gasteiger partial charge is 0.269 e. The molecule has 2 N–H and O–H groups in total. The van der Waals surface area contributed by atoms with Gasteiger partial charge in [-0.15, -0.1) is 0 Å². The third-order valence-corrected chi connectivity index (χ3v) is 4.99. The van der Waals surface area contributed by atoms with Crippen LogP contribution in [0, 0.1) is 10.1 Å². The standard InChI is InChI=1S/C21H22N4O4S/c1-2-3-13-22-24-21(27)19(15-30-14-16-7-5-4-6-8-16)23-20(26)17-9-11-18(12-10-17)25(28)29/h2-13,19H,14-15H2,1H3,(H,23,26)(H,24,27)/b3-2+,22-13-/t19-/m1/s1. The first-order chi connectivity index (χ1) is 14.5. The number of nitro benzene ring substituents is 1. The molecule has 8 nitrogen and oxygen atoms in total. The van der Waals surface area contributed by atoms with Crippen molar-refractivity contribution in [3.8, 4) is 0 Å². The zero-order valence-corrected chi connectivity index (χ0v) is 17.2. The van der Waals surface area contributed by atoms with Gasteiger partial charge in [0.1, 0.15) is 6.04 Å². The van der Waals surface area contributed by atoms with Gasteiger partial charge in [0.25, 0.3) is 17.5 Å². The number of benzene rings is 2. The minimum absolute atomic E-state index is 0.113. The number of amides is 2. The molecule has 0 saturated carbocycles. The van der Waals surface area contributed by atoms with Crippen LogP contribution in [0.3, 0.4) is 0 Å². The Morgan fingerprint density at radius 1 is 1.17 bits per heavy atom. The maximum absolute atomic E-state index is 12.5. The molecule has 30 heavy (non-hydrogen) atoms. The molecule has 0 radical (unpaired) electrons. The second-order valence-corrected chi connectivity index (χ2v) is 7.14. The van der Waals surface area contributed by atoms with Gasteiger partial charge in [-0.1, -0.05) is 36.4 Å². The Balaban J connectivity index is 2.03. The van der Waals surface area contributed by atoms with Gasteiger partial charge in [-0.2, -0.15) is 16.9 Å². The number of allylic oxidation sites excluding steroid dienone is 2. The van der Waals surface area contributed by atoms with E-state index in [4.69, 9.17) is 0 Å². The Kier molecular flexibility index (Phi) is 9.26. The van der Waals surface area contributed by atoms with Gasteiger partial charge in [0.05, 0.1) is 4.92 Å². The predicted octanol–water partition coefficient (Wildman–Crippen LogP) is 3.30. The van der Waals surface area contributed by atoms with Gasteiger partial charge in [0.2, 0.25) is 0 Å². The topological polar surface area (TPSA) is 114 Å². The Bertz CT molecular complexity index is 914. The summed E-state index contributed by atoms with van der Waals surface area (Å²) >= 11 is 1.50. The molecule has 2 aromatic carbocycles. The van der Waals surface area contributed by atoms with Crippen LogP contribution >= 0.6 is 11.8 Å². The highest BCUT2D eigenvalue weighted by atomic mass is 32.2. The lowest BCUT2D eigenvalue weighted by atomic mass is 10.2. The molecular weight excluding hydrogens is 404 g/mol. The highest BCUT2D eigenvalue weighted by Crippen LogP contribution is 2.15. The average molecular weight is 426 g/mol. The molecule has 0 unspecified atom stereocenters. The number of hydrogen-bond donors (Lipinski definition) is 2. The zero-order valence-electron chi connectivity index (χ0n) is 16.4. The second-order valence-electron chi connectivity index (χ2n) is 6.11. The molecule has 0 aliphatic heterocycles. The maximum atomic E-state index is 12.5. The molecule has 2 aromatic rings. The van der Waals surface area contributed by atoms with Crippen molar-refractivity contribution in [2.75, 3.05) is 5.75 Å². The normalized spacial score (nSPS) is 12.0. The lowest BCUT2D eigenvalue weighted by Gasteiger charge is -2.17. The molecule has 0 aromatic heterocycles. The molecule has 2 rings (SSSR count). The molecule has 0 heterocycles. The number of hydrazone groups is 1. The van der Waals surface area contributed by atoms with Crippen molar-refractivity contribution >= 4 is 35.5 Å². The van der Waals surface area contributed by atoms with Crippen molar-refractivity contribution in [2.24, 2.45) is 5.10 Å². The summed E-state index contributed by atoms with van der Waals surface area (Å²) in [6.07, 6.45) is 4.86. The fourth-order valence-corrected chi connectivity index (χ4v) is 3.35. The van der Waals surface area contributed by atoms with E-state index in [9.17, 15) is 19.7 Å². The van der Waals surface area contributed by atoms with Crippen LogP contribution in [0.1, 0.15) is 22.8 Å². The number of hydrogen-bond acceptors (Lipinski definition) is 6. The van der Waals surface area contributed by atoms with Gasteiger partial charge in [0.15, 0.2) is 0 Å². The number of non-ortho nitro benzene ring substituents is 1. The van der Waals surface area contributed by atoms with E-state index in [1.54, 1.807) is 12.2 Å². The van der Waals surface area contributed by atoms with Crippen molar-refractivity contribution < 1.29 is 14.5 Å². The van der Waals surface area contributed by atoms with Gasteiger partial charge in [-0.3, -0.25) is 19.7 Å². The van der Waals surface area contributed by atoms with Crippen LogP contribution in [0.2, 0.25) is 0 Å². The number of thioether (sulfide) groups is 1. The van der Waals surface area contributed by atoms with Gasteiger partial charge < -0.3 is 5.32 Å². The minimum Gasteiger partial charge on any atom is -0.339 e. The molecule has 0 fully saturated rings. The summed E-state index contributed by atoms with van der Waals surface area (Å²) in [6.45, 7) is 1.82. The molecular formula is C21H22N4O4S. The lowest BCUT2D eigenvalue weighted by molar-refractivity contribution is -0.384. The molecule has 0 spiro atoms. The van der Waals surface area contributed by atoms with E-state index in [1.165, 1.54) is 42.2 Å². The molecule has 0 saturated heterocycles. The summed E-state index contributed by atoms with van der Waals surface area (Å²) in [5.41, 5.74) is 3.63. The Labute approximate surface area is 178 Å². The van der Waals surface area contributed by atoms with Gasteiger partial charge in [-0.25, -0.2) is 5.43 Å². The zero-order chi connectivity index (χ0) is 21.8. The quantitative estimate of drug-likeness (QED) is 0.344. The van der Waals surface area contributed by atoms with Crippen LogP contribution in [0.15, 0.2) is 71.9 Å². The largest absolute Gasteiger partial charge is 0.339 e. The van der Waals surface area contributed by atoms with Crippen molar-refractivity contribution in [2.45, 2.75) is 18.7 Å². The first-order valence-corrected chi connectivity index (χ1v) is 10.3. The van der Waals surface area contributed by atoms with Crippen molar-refractivity contribution in [3.63, 3.8) is 0 Å². The Morgan fingerprint density at radius 2 is 1.87 bits per heavy atom. The SMILES string of the molecule is C/C=C/C=N\NC(=O)[C@@H](CSCc1ccccc1)NC(=O)c1ccc([N+](=O)[O-])cc1. The van der Waals surface area contributed by atoms with E-state index >= 15 is 0 Å². The maximum Gasteiger partial charge on any atom is 0.269 e. The molecule has 156 valence electrons. The summed E-state index contributed by atoms with van der Waals surface area (Å²) in [4.78, 5) is 35.2. The third-order valence-electron chi connectivity index (χ3n) is 3.89. The summed E-state index contributed by atoms with van der Waals surface area (Å²) in [7, 11) is 0. The molecule has 2 amide bonds. The number of carbonyl (C=O) groups excluding carboxylic acids is 2. The Hall–Kier alpha value is -3.46. The number of rotatable bonds is 10. The highest BCUT2D eigenvalue weighted by Gasteiger charge is 2.21. The number of nitrogens with one attached hydrogen (secondary N) is 2. The van der Waals surface area contributed by atoms with Crippen molar-refractivity contribution in [3.05, 3.63) is 88.0 Å². The van der Waals surface area contributed by atoms with Gasteiger partial charge >= 0.3 is 0 Å². The summed E-state index contributed by atoms with van der Waals surface area (Å²) in [6, 6.07) is 14.1. The average Bonchev–Trinajstić information content (AvgIpc) is 2.76.